The molecule has 3 aromatic rings. The zero-order chi connectivity index (χ0) is 17.6. The van der Waals surface area contributed by atoms with E-state index in [0.29, 0.717) is 40.8 Å². The van der Waals surface area contributed by atoms with Gasteiger partial charge in [0.05, 0.1) is 10.9 Å². The van der Waals surface area contributed by atoms with E-state index in [2.05, 4.69) is 0 Å². The van der Waals surface area contributed by atoms with E-state index in [1.807, 2.05) is 6.08 Å². The lowest BCUT2D eigenvalue weighted by Gasteiger charge is -2.05. The molecule has 3 N–H and O–H groups in total. The monoisotopic (exact) mass is 333 g/mol. The van der Waals surface area contributed by atoms with Crippen molar-refractivity contribution in [3.05, 3.63) is 75.1 Å². The second-order valence-electron chi connectivity index (χ2n) is 6.09. The summed E-state index contributed by atoms with van der Waals surface area (Å²) in [5.41, 5.74) is 9.51. The highest BCUT2D eigenvalue weighted by Gasteiger charge is 2.23. The number of fused-ring (bicyclic) bond motifs is 2. The van der Waals surface area contributed by atoms with Crippen molar-refractivity contribution in [1.29, 1.82) is 0 Å². The number of carboxylic acid groups (broad SMARTS) is 1. The maximum atomic E-state index is 12.7. The van der Waals surface area contributed by atoms with Gasteiger partial charge >= 0.3 is 5.97 Å². The van der Waals surface area contributed by atoms with E-state index >= 15 is 0 Å². The van der Waals surface area contributed by atoms with Gasteiger partial charge in [0.15, 0.2) is 5.43 Å². The molecule has 0 unspecified atom stereocenters. The fourth-order valence-corrected chi connectivity index (χ4v) is 3.17. The van der Waals surface area contributed by atoms with Crippen molar-refractivity contribution in [3.63, 3.8) is 0 Å². The number of nitrogens with two attached hydrogens (primary N) is 1. The zero-order valence-corrected chi connectivity index (χ0v) is 13.3. The van der Waals surface area contributed by atoms with Crippen LogP contribution in [0.5, 0.6) is 0 Å². The van der Waals surface area contributed by atoms with Crippen molar-refractivity contribution < 1.29 is 14.3 Å². The highest BCUT2D eigenvalue weighted by molar-refractivity contribution is 5.90. The summed E-state index contributed by atoms with van der Waals surface area (Å²) in [6.07, 6.45) is 3.27. The van der Waals surface area contributed by atoms with E-state index in [-0.39, 0.29) is 11.0 Å². The Kier molecular flexibility index (Phi) is 3.42. The van der Waals surface area contributed by atoms with Crippen LogP contribution in [0.3, 0.4) is 0 Å². The summed E-state index contributed by atoms with van der Waals surface area (Å²) in [4.78, 5) is 23.6. The standard InChI is InChI=1S/C20H15NO4/c21-14-6-8-17-16(10-14)18(22)15-7-5-13(19(15)25-17)9-11-1-3-12(4-2-11)20(23)24/h1-4,6,8-10H,5,7,21H2,(H,23,24). The molecule has 0 amide bonds. The van der Waals surface area contributed by atoms with Crippen LogP contribution in [0.15, 0.2) is 51.7 Å². The van der Waals surface area contributed by atoms with Crippen molar-refractivity contribution in [2.75, 3.05) is 5.73 Å². The van der Waals surface area contributed by atoms with Gasteiger partial charge in [0.25, 0.3) is 0 Å². The minimum absolute atomic E-state index is 0.0341. The molecular formula is C20H15NO4. The quantitative estimate of drug-likeness (QED) is 0.699. The van der Waals surface area contributed by atoms with Gasteiger partial charge in [-0.05, 0) is 60.4 Å². The molecule has 1 aliphatic rings. The topological polar surface area (TPSA) is 93.5 Å². The molecule has 1 aromatic heterocycles. The zero-order valence-electron chi connectivity index (χ0n) is 13.3. The maximum absolute atomic E-state index is 12.7. The second kappa shape index (κ2) is 5.63. The maximum Gasteiger partial charge on any atom is 0.335 e. The van der Waals surface area contributed by atoms with E-state index in [9.17, 15) is 9.59 Å². The number of aromatic carboxylic acids is 1. The lowest BCUT2D eigenvalue weighted by molar-refractivity contribution is 0.0697. The number of allylic oxidation sites excluding steroid dienone is 1. The second-order valence-corrected chi connectivity index (χ2v) is 6.09. The molecule has 124 valence electrons. The summed E-state index contributed by atoms with van der Waals surface area (Å²) in [6, 6.07) is 11.7. The van der Waals surface area contributed by atoms with Crippen LogP contribution >= 0.6 is 0 Å². The third-order valence-electron chi connectivity index (χ3n) is 4.44. The Morgan fingerprint density at radius 1 is 1.12 bits per heavy atom. The van der Waals surface area contributed by atoms with Crippen LogP contribution in [-0.4, -0.2) is 11.1 Å². The Bertz CT molecular complexity index is 1090. The molecule has 0 saturated carbocycles. The summed E-state index contributed by atoms with van der Waals surface area (Å²) in [6.45, 7) is 0. The predicted octanol–water partition coefficient (Wildman–Crippen LogP) is 3.56. The summed E-state index contributed by atoms with van der Waals surface area (Å²) in [5, 5.41) is 9.47. The molecule has 1 heterocycles. The number of rotatable bonds is 2. The molecule has 0 bridgehead atoms. The smallest absolute Gasteiger partial charge is 0.335 e. The first kappa shape index (κ1) is 15.2. The van der Waals surface area contributed by atoms with E-state index < -0.39 is 5.97 Å². The van der Waals surface area contributed by atoms with Gasteiger partial charge in [0.2, 0.25) is 0 Å². The number of nitrogen functional groups attached to an aromatic ring is 1. The van der Waals surface area contributed by atoms with Gasteiger partial charge in [-0.15, -0.1) is 0 Å². The lowest BCUT2D eigenvalue weighted by Crippen LogP contribution is -2.08. The fourth-order valence-electron chi connectivity index (χ4n) is 3.17. The highest BCUT2D eigenvalue weighted by Crippen LogP contribution is 2.34. The van der Waals surface area contributed by atoms with Gasteiger partial charge in [0, 0.05) is 11.3 Å². The van der Waals surface area contributed by atoms with Crippen molar-refractivity contribution in [3.8, 4) is 0 Å². The van der Waals surface area contributed by atoms with Gasteiger partial charge in [-0.3, -0.25) is 4.79 Å². The normalized spacial score (nSPS) is 14.8. The average Bonchev–Trinajstić information content (AvgIpc) is 2.99. The van der Waals surface area contributed by atoms with Crippen LogP contribution in [0, 0.1) is 0 Å². The first-order chi connectivity index (χ1) is 12.0. The number of benzene rings is 2. The minimum atomic E-state index is -0.956. The van der Waals surface area contributed by atoms with Gasteiger partial charge in [-0.25, -0.2) is 4.79 Å². The largest absolute Gasteiger partial charge is 0.478 e. The van der Waals surface area contributed by atoms with Crippen molar-refractivity contribution in [1.82, 2.24) is 0 Å². The van der Waals surface area contributed by atoms with E-state index in [1.165, 1.54) is 0 Å². The summed E-state index contributed by atoms with van der Waals surface area (Å²) < 4.78 is 5.97. The van der Waals surface area contributed by atoms with Crippen LogP contribution in [0.25, 0.3) is 22.6 Å². The molecule has 0 atom stereocenters. The molecule has 25 heavy (non-hydrogen) atoms. The molecule has 2 aromatic carbocycles. The van der Waals surface area contributed by atoms with Gasteiger partial charge < -0.3 is 15.3 Å². The third kappa shape index (κ3) is 2.59. The molecule has 0 saturated heterocycles. The van der Waals surface area contributed by atoms with Gasteiger partial charge in [-0.2, -0.15) is 0 Å². The summed E-state index contributed by atoms with van der Waals surface area (Å²) in [5.74, 6) is -0.341. The molecule has 4 rings (SSSR count). The van der Waals surface area contributed by atoms with Crippen LogP contribution in [0.2, 0.25) is 0 Å². The van der Waals surface area contributed by atoms with Gasteiger partial charge in [0.1, 0.15) is 11.3 Å². The first-order valence-electron chi connectivity index (χ1n) is 7.92. The molecule has 1 aliphatic carbocycles. The fraction of sp³-hybridized carbons (Fsp3) is 0.100. The van der Waals surface area contributed by atoms with Crippen molar-refractivity contribution >= 4 is 34.3 Å². The summed E-state index contributed by atoms with van der Waals surface area (Å²) in [7, 11) is 0. The molecule has 0 spiro atoms. The Labute approximate surface area is 143 Å². The van der Waals surface area contributed by atoms with Crippen LogP contribution < -0.4 is 11.2 Å². The van der Waals surface area contributed by atoms with Crippen LogP contribution in [0.1, 0.15) is 33.7 Å². The van der Waals surface area contributed by atoms with Crippen molar-refractivity contribution in [2.24, 2.45) is 0 Å². The van der Waals surface area contributed by atoms with E-state index in [4.69, 9.17) is 15.3 Å². The summed E-state index contributed by atoms with van der Waals surface area (Å²) >= 11 is 0. The van der Waals surface area contributed by atoms with Crippen LogP contribution in [-0.2, 0) is 6.42 Å². The number of hydrogen-bond acceptors (Lipinski definition) is 4. The number of hydrogen-bond donors (Lipinski definition) is 2. The Morgan fingerprint density at radius 3 is 2.60 bits per heavy atom. The van der Waals surface area contributed by atoms with Crippen molar-refractivity contribution in [2.45, 2.75) is 12.8 Å². The van der Waals surface area contributed by atoms with Crippen LogP contribution in [0.4, 0.5) is 5.69 Å². The first-order valence-corrected chi connectivity index (χ1v) is 7.92. The molecular weight excluding hydrogens is 318 g/mol. The lowest BCUT2D eigenvalue weighted by atomic mass is 10.1. The highest BCUT2D eigenvalue weighted by atomic mass is 16.4. The average molecular weight is 333 g/mol. The molecule has 0 radical (unpaired) electrons. The predicted molar refractivity (Wildman–Crippen MR) is 96.5 cm³/mol. The van der Waals surface area contributed by atoms with E-state index in [1.54, 1.807) is 42.5 Å². The number of carboxylic acids is 1. The van der Waals surface area contributed by atoms with E-state index in [0.717, 1.165) is 11.1 Å². The minimum Gasteiger partial charge on any atom is -0.478 e. The number of carbonyl (C=O) groups is 1. The number of anilines is 1. The van der Waals surface area contributed by atoms with Gasteiger partial charge in [-0.1, -0.05) is 12.1 Å². The molecule has 0 aliphatic heterocycles. The third-order valence-corrected chi connectivity index (χ3v) is 4.44. The Morgan fingerprint density at radius 2 is 1.88 bits per heavy atom. The molecule has 0 fully saturated rings. The molecule has 5 heteroatoms. The molecule has 5 nitrogen and oxygen atoms in total. The Balaban J connectivity index is 1.81. The Hall–Kier alpha value is -3.34. The SMILES string of the molecule is Nc1ccc2oc3c(c(=O)c2c1)CCC3=Cc1ccc(C(=O)O)cc1.